The highest BCUT2D eigenvalue weighted by molar-refractivity contribution is 4.38. The fourth-order valence-corrected chi connectivity index (χ4v) is 0.352. The molecular formula is C4H11N3O. The van der Waals surface area contributed by atoms with Crippen molar-refractivity contribution in [3.63, 3.8) is 0 Å². The summed E-state index contributed by atoms with van der Waals surface area (Å²) in [6.45, 7) is 0.844. The molecule has 8 heavy (non-hydrogen) atoms. The molecule has 0 spiro atoms. The first kappa shape index (κ1) is 7.36. The van der Waals surface area contributed by atoms with E-state index in [9.17, 15) is 0 Å². The number of aliphatic hydroxyl groups is 1. The first-order valence-corrected chi connectivity index (χ1v) is 2.59. The van der Waals surface area contributed by atoms with Gasteiger partial charge in [-0.15, -0.1) is 0 Å². The van der Waals surface area contributed by atoms with Crippen LogP contribution in [-0.2, 0) is 0 Å². The Labute approximate surface area is 48.4 Å². The Bertz CT molecular complexity index is 64.3. The summed E-state index contributed by atoms with van der Waals surface area (Å²) < 4.78 is 0. The van der Waals surface area contributed by atoms with Gasteiger partial charge in [-0.3, -0.25) is 0 Å². The van der Waals surface area contributed by atoms with Gasteiger partial charge in [0.1, 0.15) is 0 Å². The van der Waals surface area contributed by atoms with Crippen LogP contribution in [0.5, 0.6) is 0 Å². The fraction of sp³-hybridized carbons (Fsp3) is 1.00. The minimum atomic E-state index is 0.222. The number of unbranched alkanes of at least 4 members (excludes halogenated alkanes) is 1. The lowest BCUT2D eigenvalue weighted by Crippen LogP contribution is -1.86. The van der Waals surface area contributed by atoms with Gasteiger partial charge in [-0.2, -0.15) is 5.11 Å². The Hall–Kier alpha value is -0.640. The zero-order valence-corrected chi connectivity index (χ0v) is 4.75. The quantitative estimate of drug-likeness (QED) is 0.237. The monoisotopic (exact) mass is 117 g/mol. The number of hydrogen-bond acceptors (Lipinski definition) is 3. The summed E-state index contributed by atoms with van der Waals surface area (Å²) in [7, 11) is 0. The predicted molar refractivity (Wildman–Crippen MR) is 30.2 cm³/mol. The second kappa shape index (κ2) is 6.36. The van der Waals surface area contributed by atoms with Crippen LogP contribution < -0.4 is 5.84 Å². The van der Waals surface area contributed by atoms with Crippen molar-refractivity contribution in [3.8, 4) is 0 Å². The molecule has 0 amide bonds. The number of aliphatic hydroxyl groups excluding tert-OH is 1. The van der Waals surface area contributed by atoms with Gasteiger partial charge in [0.25, 0.3) is 0 Å². The molecule has 0 saturated heterocycles. The van der Waals surface area contributed by atoms with E-state index in [2.05, 4.69) is 10.3 Å². The molecule has 0 aromatic heterocycles. The van der Waals surface area contributed by atoms with E-state index in [-0.39, 0.29) is 6.61 Å². The van der Waals surface area contributed by atoms with Gasteiger partial charge < -0.3 is 10.9 Å². The summed E-state index contributed by atoms with van der Waals surface area (Å²) in [5.74, 6) is 4.71. The van der Waals surface area contributed by atoms with Crippen molar-refractivity contribution >= 4 is 0 Å². The van der Waals surface area contributed by atoms with Gasteiger partial charge in [-0.25, -0.2) is 0 Å². The van der Waals surface area contributed by atoms with Crippen molar-refractivity contribution in [2.45, 2.75) is 12.8 Å². The van der Waals surface area contributed by atoms with E-state index < -0.39 is 0 Å². The summed E-state index contributed by atoms with van der Waals surface area (Å²) in [6.07, 6.45) is 1.64. The molecule has 0 aromatic carbocycles. The highest BCUT2D eigenvalue weighted by atomic mass is 16.2. The van der Waals surface area contributed by atoms with Gasteiger partial charge in [0.15, 0.2) is 0 Å². The molecule has 4 heteroatoms. The average molecular weight is 117 g/mol. The van der Waals surface area contributed by atoms with Gasteiger partial charge in [-0.1, -0.05) is 5.22 Å². The lowest BCUT2D eigenvalue weighted by molar-refractivity contribution is 0.285. The topological polar surface area (TPSA) is 71.0 Å². The third-order valence-corrected chi connectivity index (χ3v) is 0.748. The molecule has 0 heterocycles. The van der Waals surface area contributed by atoms with E-state index in [0.717, 1.165) is 12.8 Å². The van der Waals surface area contributed by atoms with Crippen molar-refractivity contribution < 1.29 is 5.11 Å². The molecular weight excluding hydrogens is 106 g/mol. The maximum atomic E-state index is 8.26. The van der Waals surface area contributed by atoms with E-state index in [1.807, 2.05) is 0 Å². The number of rotatable bonds is 4. The van der Waals surface area contributed by atoms with Crippen LogP contribution in [0.3, 0.4) is 0 Å². The van der Waals surface area contributed by atoms with Crippen LogP contribution in [0.25, 0.3) is 0 Å². The zero-order valence-electron chi connectivity index (χ0n) is 4.75. The van der Waals surface area contributed by atoms with Gasteiger partial charge in [-0.05, 0) is 12.8 Å². The van der Waals surface area contributed by atoms with E-state index in [4.69, 9.17) is 10.9 Å². The largest absolute Gasteiger partial charge is 0.396 e. The van der Waals surface area contributed by atoms with Gasteiger partial charge in [0.05, 0.1) is 6.54 Å². The molecule has 0 aliphatic rings. The minimum absolute atomic E-state index is 0.222. The van der Waals surface area contributed by atoms with Crippen molar-refractivity contribution in [2.24, 2.45) is 16.2 Å². The molecule has 4 nitrogen and oxygen atoms in total. The molecule has 0 aliphatic heterocycles. The van der Waals surface area contributed by atoms with Gasteiger partial charge in [0.2, 0.25) is 0 Å². The molecule has 0 fully saturated rings. The smallest absolute Gasteiger partial charge is 0.0621 e. The van der Waals surface area contributed by atoms with E-state index in [1.165, 1.54) is 0 Å². The van der Waals surface area contributed by atoms with Crippen LogP contribution in [0.4, 0.5) is 0 Å². The highest BCUT2D eigenvalue weighted by Crippen LogP contribution is 1.86. The highest BCUT2D eigenvalue weighted by Gasteiger charge is 1.81. The maximum Gasteiger partial charge on any atom is 0.0621 e. The SMILES string of the molecule is NN=NCCCCO. The third kappa shape index (κ3) is 5.36. The summed E-state index contributed by atoms with van der Waals surface area (Å²) in [6, 6.07) is 0. The summed E-state index contributed by atoms with van der Waals surface area (Å²) >= 11 is 0. The van der Waals surface area contributed by atoms with Crippen molar-refractivity contribution in [3.05, 3.63) is 0 Å². The van der Waals surface area contributed by atoms with Crippen LogP contribution in [0, 0.1) is 0 Å². The standard InChI is InChI=1S/C4H11N3O/c5-7-6-3-1-2-4-8/h8H,1-4H2,(H2,5,6). The summed E-state index contributed by atoms with van der Waals surface area (Å²) in [5.41, 5.74) is 0. The molecule has 0 aromatic rings. The second-order valence-corrected chi connectivity index (χ2v) is 1.41. The Morgan fingerprint density at radius 3 is 2.62 bits per heavy atom. The van der Waals surface area contributed by atoms with Crippen LogP contribution in [0.1, 0.15) is 12.8 Å². The fourth-order valence-electron chi connectivity index (χ4n) is 0.352. The molecule has 0 aliphatic carbocycles. The zero-order chi connectivity index (χ0) is 6.24. The van der Waals surface area contributed by atoms with Gasteiger partial charge in [0, 0.05) is 6.61 Å². The Balaban J connectivity index is 2.72. The van der Waals surface area contributed by atoms with Crippen LogP contribution in [-0.4, -0.2) is 18.3 Å². The van der Waals surface area contributed by atoms with Crippen molar-refractivity contribution in [2.75, 3.05) is 13.2 Å². The molecule has 0 atom stereocenters. The first-order valence-electron chi connectivity index (χ1n) is 2.59. The molecule has 48 valence electrons. The van der Waals surface area contributed by atoms with Crippen LogP contribution in [0.2, 0.25) is 0 Å². The normalized spacial score (nSPS) is 10.6. The minimum Gasteiger partial charge on any atom is -0.396 e. The second-order valence-electron chi connectivity index (χ2n) is 1.41. The Morgan fingerprint density at radius 1 is 1.38 bits per heavy atom. The third-order valence-electron chi connectivity index (χ3n) is 0.748. The molecule has 0 rings (SSSR count). The van der Waals surface area contributed by atoms with E-state index in [1.54, 1.807) is 0 Å². The lowest BCUT2D eigenvalue weighted by atomic mass is 10.3. The number of nitrogens with zero attached hydrogens (tertiary/aromatic N) is 2. The summed E-state index contributed by atoms with van der Waals surface area (Å²) in [4.78, 5) is 0. The van der Waals surface area contributed by atoms with Crippen molar-refractivity contribution in [1.82, 2.24) is 0 Å². The van der Waals surface area contributed by atoms with E-state index >= 15 is 0 Å². The molecule has 0 bridgehead atoms. The average Bonchev–Trinajstić information content (AvgIpc) is 1.81. The first-order chi connectivity index (χ1) is 3.91. The lowest BCUT2D eigenvalue weighted by Gasteiger charge is -1.87. The van der Waals surface area contributed by atoms with Gasteiger partial charge >= 0.3 is 0 Å². The Morgan fingerprint density at radius 2 is 2.12 bits per heavy atom. The molecule has 0 radical (unpaired) electrons. The molecule has 3 N–H and O–H groups in total. The van der Waals surface area contributed by atoms with E-state index in [0.29, 0.717) is 6.54 Å². The predicted octanol–water partition coefficient (Wildman–Crippen LogP) is 0.0848. The number of hydrogen-bond donors (Lipinski definition) is 2. The van der Waals surface area contributed by atoms with Crippen molar-refractivity contribution in [1.29, 1.82) is 0 Å². The maximum absolute atomic E-state index is 8.26. The molecule has 0 unspecified atom stereocenters. The van der Waals surface area contributed by atoms with Crippen LogP contribution >= 0.6 is 0 Å². The van der Waals surface area contributed by atoms with Crippen LogP contribution in [0.15, 0.2) is 10.3 Å². The Kier molecular flexibility index (Phi) is 5.85. The number of nitrogens with two attached hydrogens (primary N) is 1. The summed E-state index contributed by atoms with van der Waals surface area (Å²) in [5, 5.41) is 14.8. The molecule has 0 saturated carbocycles.